The standard InChI is InChI=1S/C27H27N11O4/c1-14-18(31-26(41)35-33-24(39)22-16(3)29-20-9-5-7-11-37(20)22)13-19(15(2)28-14)32-27(42)36-34-25(40)23-17(4)30-21-10-6-8-12-38(21)23/h5-13H,1-4H3,(H,33,39)(H,34,40)(H2,31,35,41)(H2,32,36,42). The first-order valence-electron chi connectivity index (χ1n) is 12.7. The molecule has 6 amide bonds. The zero-order chi connectivity index (χ0) is 30.0. The number of fused-ring (bicyclic) bond motifs is 2. The normalized spacial score (nSPS) is 10.8. The topological polar surface area (TPSA) is 188 Å². The van der Waals surface area contributed by atoms with Crippen molar-refractivity contribution in [2.45, 2.75) is 27.7 Å². The fourth-order valence-electron chi connectivity index (χ4n) is 4.41. The van der Waals surface area contributed by atoms with E-state index in [1.807, 2.05) is 0 Å². The number of amides is 6. The van der Waals surface area contributed by atoms with Crippen LogP contribution in [0.2, 0.25) is 0 Å². The highest BCUT2D eigenvalue weighted by atomic mass is 16.2. The Morgan fingerprint density at radius 1 is 0.571 bits per heavy atom. The maximum Gasteiger partial charge on any atom is 0.337 e. The molecule has 0 fully saturated rings. The molecule has 15 heteroatoms. The SMILES string of the molecule is Cc1nc(C)c(NC(=O)NNC(=O)c2c(C)nc3ccccn23)cc1NC(=O)NNC(=O)c1c(C)nc2ccccn12. The summed E-state index contributed by atoms with van der Waals surface area (Å²) in [6, 6.07) is 10.7. The summed E-state index contributed by atoms with van der Waals surface area (Å²) >= 11 is 0. The average molecular weight is 570 g/mol. The van der Waals surface area contributed by atoms with Gasteiger partial charge in [-0.2, -0.15) is 0 Å². The van der Waals surface area contributed by atoms with E-state index in [0.29, 0.717) is 34.1 Å². The summed E-state index contributed by atoms with van der Waals surface area (Å²) < 4.78 is 3.23. The summed E-state index contributed by atoms with van der Waals surface area (Å²) in [5.74, 6) is -1.11. The van der Waals surface area contributed by atoms with E-state index in [2.05, 4.69) is 47.3 Å². The molecule has 0 spiro atoms. The van der Waals surface area contributed by atoms with Crippen LogP contribution in [0.3, 0.4) is 0 Å². The van der Waals surface area contributed by atoms with Crippen molar-refractivity contribution in [3.05, 3.63) is 89.0 Å². The van der Waals surface area contributed by atoms with E-state index in [1.54, 1.807) is 85.3 Å². The molecule has 0 saturated carbocycles. The second-order valence-corrected chi connectivity index (χ2v) is 9.27. The molecule has 0 aliphatic rings. The maximum absolute atomic E-state index is 12.7. The highest BCUT2D eigenvalue weighted by Crippen LogP contribution is 2.22. The number of aromatic nitrogens is 5. The van der Waals surface area contributed by atoms with E-state index in [-0.39, 0.29) is 22.8 Å². The van der Waals surface area contributed by atoms with Gasteiger partial charge in [0.1, 0.15) is 22.7 Å². The number of anilines is 2. The Labute approximate surface area is 238 Å². The number of rotatable bonds is 4. The molecule has 6 N–H and O–H groups in total. The number of pyridine rings is 3. The number of aryl methyl sites for hydroxylation is 4. The first kappa shape index (κ1) is 27.6. The fourth-order valence-corrected chi connectivity index (χ4v) is 4.41. The predicted octanol–water partition coefficient (Wildman–Crippen LogP) is 2.54. The molecular formula is C27H27N11O4. The van der Waals surface area contributed by atoms with Gasteiger partial charge in [0.15, 0.2) is 0 Å². The van der Waals surface area contributed by atoms with Gasteiger partial charge in [-0.15, -0.1) is 0 Å². The van der Waals surface area contributed by atoms with Crippen molar-refractivity contribution >= 4 is 46.5 Å². The number of carbonyl (C=O) groups is 4. The van der Waals surface area contributed by atoms with Crippen LogP contribution in [0, 0.1) is 27.7 Å². The third-order valence-corrected chi connectivity index (χ3v) is 6.32. The van der Waals surface area contributed by atoms with Crippen molar-refractivity contribution in [2.75, 3.05) is 10.6 Å². The number of nitrogens with one attached hydrogen (secondary N) is 6. The van der Waals surface area contributed by atoms with Gasteiger partial charge in [0.25, 0.3) is 11.8 Å². The fraction of sp³-hybridized carbons (Fsp3) is 0.148. The lowest BCUT2D eigenvalue weighted by Crippen LogP contribution is -2.45. The van der Waals surface area contributed by atoms with Gasteiger partial charge in [-0.1, -0.05) is 12.1 Å². The number of hydrazine groups is 2. The Hall–Kier alpha value is -5.99. The molecule has 5 heterocycles. The predicted molar refractivity (Wildman–Crippen MR) is 153 cm³/mol. The Kier molecular flexibility index (Phi) is 7.38. The number of nitrogens with zero attached hydrogens (tertiary/aromatic N) is 5. The van der Waals surface area contributed by atoms with E-state index in [1.165, 1.54) is 6.07 Å². The second kappa shape index (κ2) is 11.2. The van der Waals surface area contributed by atoms with Crippen LogP contribution in [0.4, 0.5) is 21.0 Å². The Morgan fingerprint density at radius 3 is 1.43 bits per heavy atom. The first-order chi connectivity index (χ1) is 20.1. The van der Waals surface area contributed by atoms with Gasteiger partial charge in [0, 0.05) is 12.4 Å². The summed E-state index contributed by atoms with van der Waals surface area (Å²) in [5, 5.41) is 5.19. The number of urea groups is 2. The Bertz CT molecular complexity index is 1740. The van der Waals surface area contributed by atoms with E-state index in [4.69, 9.17) is 0 Å². The van der Waals surface area contributed by atoms with E-state index in [0.717, 1.165) is 0 Å². The molecule has 0 radical (unpaired) electrons. The number of hydrogen-bond donors (Lipinski definition) is 6. The zero-order valence-corrected chi connectivity index (χ0v) is 23.1. The molecule has 214 valence electrons. The van der Waals surface area contributed by atoms with E-state index < -0.39 is 23.9 Å². The highest BCUT2D eigenvalue weighted by molar-refractivity contribution is 5.99. The lowest BCUT2D eigenvalue weighted by Gasteiger charge is -2.15. The van der Waals surface area contributed by atoms with E-state index >= 15 is 0 Å². The summed E-state index contributed by atoms with van der Waals surface area (Å²) in [7, 11) is 0. The molecular weight excluding hydrogens is 542 g/mol. The van der Waals surface area contributed by atoms with Gasteiger partial charge in [-0.3, -0.25) is 34.2 Å². The molecule has 0 aliphatic carbocycles. The number of imidazole rings is 2. The van der Waals surface area contributed by atoms with Crippen LogP contribution in [0.1, 0.15) is 43.8 Å². The van der Waals surface area contributed by atoms with Crippen LogP contribution < -0.4 is 32.3 Å². The number of hydrogen-bond acceptors (Lipinski definition) is 7. The van der Waals surface area contributed by atoms with Crippen LogP contribution >= 0.6 is 0 Å². The van der Waals surface area contributed by atoms with Gasteiger partial charge in [-0.25, -0.2) is 30.4 Å². The third-order valence-electron chi connectivity index (χ3n) is 6.32. The second-order valence-electron chi connectivity index (χ2n) is 9.27. The summed E-state index contributed by atoms with van der Waals surface area (Å²) in [5.41, 5.74) is 13.6. The monoisotopic (exact) mass is 569 g/mol. The summed E-state index contributed by atoms with van der Waals surface area (Å²) in [6.07, 6.45) is 3.39. The molecule has 5 aromatic rings. The lowest BCUT2D eigenvalue weighted by molar-refractivity contribution is 0.0924. The molecule has 0 atom stereocenters. The minimum absolute atomic E-state index is 0.277. The largest absolute Gasteiger partial charge is 0.337 e. The van der Waals surface area contributed by atoms with Gasteiger partial charge in [-0.05, 0) is 58.0 Å². The van der Waals surface area contributed by atoms with Gasteiger partial charge >= 0.3 is 12.1 Å². The van der Waals surface area contributed by atoms with Crippen LogP contribution in [-0.2, 0) is 0 Å². The molecule has 15 nitrogen and oxygen atoms in total. The van der Waals surface area contributed by atoms with Crippen molar-refractivity contribution in [2.24, 2.45) is 0 Å². The molecule has 0 bridgehead atoms. The molecule has 0 aliphatic heterocycles. The average Bonchev–Trinajstić information content (AvgIpc) is 3.48. The maximum atomic E-state index is 12.7. The van der Waals surface area contributed by atoms with Crippen molar-refractivity contribution < 1.29 is 19.2 Å². The zero-order valence-electron chi connectivity index (χ0n) is 23.1. The van der Waals surface area contributed by atoms with Gasteiger partial charge < -0.3 is 10.6 Å². The third kappa shape index (κ3) is 5.51. The minimum Gasteiger partial charge on any atom is -0.305 e. The molecule has 5 aromatic heterocycles. The van der Waals surface area contributed by atoms with Crippen LogP contribution in [0.15, 0.2) is 54.9 Å². The van der Waals surface area contributed by atoms with Crippen molar-refractivity contribution in [1.82, 2.24) is 45.5 Å². The first-order valence-corrected chi connectivity index (χ1v) is 12.7. The van der Waals surface area contributed by atoms with Crippen molar-refractivity contribution in [3.63, 3.8) is 0 Å². The lowest BCUT2D eigenvalue weighted by atomic mass is 10.2. The summed E-state index contributed by atoms with van der Waals surface area (Å²) in [6.45, 7) is 6.73. The molecule has 0 saturated heterocycles. The Balaban J connectivity index is 1.19. The van der Waals surface area contributed by atoms with Gasteiger partial charge in [0.2, 0.25) is 0 Å². The molecule has 0 unspecified atom stereocenters. The highest BCUT2D eigenvalue weighted by Gasteiger charge is 2.19. The van der Waals surface area contributed by atoms with Gasteiger partial charge in [0.05, 0.1) is 34.2 Å². The van der Waals surface area contributed by atoms with Crippen LogP contribution in [0.5, 0.6) is 0 Å². The molecule has 5 rings (SSSR count). The Morgan fingerprint density at radius 2 is 1.00 bits per heavy atom. The summed E-state index contributed by atoms with van der Waals surface area (Å²) in [4.78, 5) is 63.6. The number of carbonyl (C=O) groups excluding carboxylic acids is 4. The van der Waals surface area contributed by atoms with E-state index in [9.17, 15) is 19.2 Å². The van der Waals surface area contributed by atoms with Crippen LogP contribution in [-0.4, -0.2) is 47.6 Å². The van der Waals surface area contributed by atoms with Crippen molar-refractivity contribution in [1.29, 1.82) is 0 Å². The minimum atomic E-state index is -0.741. The van der Waals surface area contributed by atoms with Crippen molar-refractivity contribution in [3.8, 4) is 0 Å². The smallest absolute Gasteiger partial charge is 0.305 e. The molecule has 42 heavy (non-hydrogen) atoms. The quantitative estimate of drug-likeness (QED) is 0.179. The van der Waals surface area contributed by atoms with Crippen LogP contribution in [0.25, 0.3) is 11.3 Å². The molecule has 0 aromatic carbocycles.